The zero-order valence-electron chi connectivity index (χ0n) is 9.47. The van der Waals surface area contributed by atoms with Gasteiger partial charge in [0.05, 0.1) is 6.10 Å². The molecule has 2 atom stereocenters. The third kappa shape index (κ3) is 2.38. The van der Waals surface area contributed by atoms with E-state index in [2.05, 4.69) is 9.97 Å². The molecule has 1 aromatic rings. The van der Waals surface area contributed by atoms with Gasteiger partial charge in [0, 0.05) is 11.8 Å². The van der Waals surface area contributed by atoms with Crippen LogP contribution in [0.1, 0.15) is 43.6 Å². The minimum atomic E-state index is -0.379. The first kappa shape index (κ1) is 11.2. The Morgan fingerprint density at radius 1 is 1.29 bits per heavy atom. The molecule has 2 aliphatic rings. The van der Waals surface area contributed by atoms with Crippen LogP contribution in [0.5, 0.6) is 5.88 Å². The van der Waals surface area contributed by atoms with Gasteiger partial charge in [-0.25, -0.2) is 4.98 Å². The van der Waals surface area contributed by atoms with E-state index in [0.717, 1.165) is 37.7 Å². The minimum absolute atomic E-state index is 0.140. The van der Waals surface area contributed by atoms with Crippen LogP contribution in [0.3, 0.4) is 0 Å². The number of hydrogen-bond donors (Lipinski definition) is 1. The maximum Gasteiger partial charge on any atom is 0.225 e. The molecular weight excluding hydrogens is 240 g/mol. The van der Waals surface area contributed by atoms with E-state index in [9.17, 15) is 5.11 Å². The van der Waals surface area contributed by atoms with Gasteiger partial charge in [-0.15, -0.1) is 0 Å². The molecule has 2 fully saturated rings. The topological polar surface area (TPSA) is 55.2 Å². The van der Waals surface area contributed by atoms with E-state index in [-0.39, 0.29) is 17.5 Å². The highest BCUT2D eigenvalue weighted by Gasteiger charge is 2.32. The lowest BCUT2D eigenvalue weighted by Gasteiger charge is -2.18. The minimum Gasteiger partial charge on any atom is -0.471 e. The normalized spacial score (nSPS) is 28.4. The van der Waals surface area contributed by atoms with Crippen molar-refractivity contribution in [3.05, 3.63) is 17.0 Å². The monoisotopic (exact) mass is 254 g/mol. The molecule has 0 saturated heterocycles. The quantitative estimate of drug-likeness (QED) is 0.841. The van der Waals surface area contributed by atoms with Crippen LogP contribution >= 0.6 is 11.6 Å². The molecule has 2 aliphatic carbocycles. The molecule has 0 amide bonds. The lowest BCUT2D eigenvalue weighted by molar-refractivity contribution is 0.0566. The second-order valence-corrected chi connectivity index (χ2v) is 5.17. The molecule has 3 rings (SSSR count). The van der Waals surface area contributed by atoms with Crippen LogP contribution < -0.4 is 4.74 Å². The second-order valence-electron chi connectivity index (χ2n) is 4.83. The van der Waals surface area contributed by atoms with Crippen LogP contribution in [0.25, 0.3) is 0 Å². The third-order valence-corrected chi connectivity index (χ3v) is 3.63. The fraction of sp³-hybridized carbons (Fsp3) is 0.667. The molecule has 92 valence electrons. The highest BCUT2D eigenvalue weighted by atomic mass is 35.5. The number of rotatable bonds is 3. The van der Waals surface area contributed by atoms with Crippen LogP contribution in [-0.4, -0.2) is 27.3 Å². The van der Waals surface area contributed by atoms with Gasteiger partial charge >= 0.3 is 0 Å². The number of ether oxygens (including phenoxy) is 1. The standard InChI is InChI=1S/C12H15ClN2O2/c13-12-14-6-8(7-4-5-7)11(15-12)17-10-3-1-2-9(10)16/h6-7,9-10,16H,1-5H2/t9-,10+/m1/s1. The molecule has 1 aromatic heterocycles. The van der Waals surface area contributed by atoms with Crippen molar-refractivity contribution in [3.63, 3.8) is 0 Å². The molecule has 0 bridgehead atoms. The van der Waals surface area contributed by atoms with Gasteiger partial charge in [-0.05, 0) is 49.6 Å². The van der Waals surface area contributed by atoms with Crippen molar-refractivity contribution < 1.29 is 9.84 Å². The number of hydrogen-bond acceptors (Lipinski definition) is 4. The Balaban J connectivity index is 1.82. The van der Waals surface area contributed by atoms with E-state index in [0.29, 0.717) is 11.8 Å². The summed E-state index contributed by atoms with van der Waals surface area (Å²) < 4.78 is 5.82. The third-order valence-electron chi connectivity index (χ3n) is 3.45. The van der Waals surface area contributed by atoms with Crippen molar-refractivity contribution in [3.8, 4) is 5.88 Å². The molecule has 0 spiro atoms. The summed E-state index contributed by atoms with van der Waals surface area (Å²) in [5.74, 6) is 1.08. The average Bonchev–Trinajstić information content (AvgIpc) is 3.05. The summed E-state index contributed by atoms with van der Waals surface area (Å²) in [6.07, 6.45) is 6.25. The van der Waals surface area contributed by atoms with Crippen molar-refractivity contribution in [1.82, 2.24) is 9.97 Å². The molecule has 5 heteroatoms. The predicted molar refractivity (Wildman–Crippen MR) is 63.3 cm³/mol. The molecule has 4 nitrogen and oxygen atoms in total. The molecular formula is C12H15ClN2O2. The van der Waals surface area contributed by atoms with Gasteiger partial charge in [0.1, 0.15) is 6.10 Å². The highest BCUT2D eigenvalue weighted by molar-refractivity contribution is 6.28. The lowest BCUT2D eigenvalue weighted by Crippen LogP contribution is -2.26. The first-order chi connectivity index (χ1) is 8.24. The van der Waals surface area contributed by atoms with Crippen LogP contribution in [0.15, 0.2) is 6.20 Å². The molecule has 2 saturated carbocycles. The molecule has 1 N–H and O–H groups in total. The summed E-state index contributed by atoms with van der Waals surface area (Å²) in [5.41, 5.74) is 1.04. The van der Waals surface area contributed by atoms with Crippen molar-refractivity contribution in [2.75, 3.05) is 0 Å². The van der Waals surface area contributed by atoms with Crippen LogP contribution in [-0.2, 0) is 0 Å². The van der Waals surface area contributed by atoms with Gasteiger partial charge in [-0.1, -0.05) is 0 Å². The largest absolute Gasteiger partial charge is 0.471 e. The van der Waals surface area contributed by atoms with Gasteiger partial charge in [0.2, 0.25) is 11.2 Å². The molecule has 0 radical (unpaired) electrons. The van der Waals surface area contributed by atoms with Crippen molar-refractivity contribution in [2.24, 2.45) is 0 Å². The number of nitrogens with zero attached hydrogens (tertiary/aromatic N) is 2. The summed E-state index contributed by atoms with van der Waals surface area (Å²) in [6, 6.07) is 0. The van der Waals surface area contributed by atoms with E-state index < -0.39 is 0 Å². The van der Waals surface area contributed by atoms with Gasteiger partial charge in [-0.2, -0.15) is 4.98 Å². The maximum absolute atomic E-state index is 9.76. The predicted octanol–water partition coefficient (Wildman–Crippen LogP) is 2.30. The van der Waals surface area contributed by atoms with Crippen molar-refractivity contribution >= 4 is 11.6 Å². The van der Waals surface area contributed by atoms with Gasteiger partial charge < -0.3 is 9.84 Å². The number of aromatic nitrogens is 2. The zero-order chi connectivity index (χ0) is 11.8. The second kappa shape index (κ2) is 4.42. The Morgan fingerprint density at radius 2 is 2.12 bits per heavy atom. The van der Waals surface area contributed by atoms with Crippen LogP contribution in [0.4, 0.5) is 0 Å². The summed E-state index contributed by atoms with van der Waals surface area (Å²) >= 11 is 5.80. The molecule has 0 aromatic carbocycles. The molecule has 0 aliphatic heterocycles. The van der Waals surface area contributed by atoms with E-state index in [1.54, 1.807) is 6.20 Å². The van der Waals surface area contributed by atoms with E-state index >= 15 is 0 Å². The zero-order valence-corrected chi connectivity index (χ0v) is 10.2. The summed E-state index contributed by atoms with van der Waals surface area (Å²) in [6.45, 7) is 0. The number of halogens is 1. The first-order valence-corrected chi connectivity index (χ1v) is 6.49. The van der Waals surface area contributed by atoms with Gasteiger partial charge in [0.15, 0.2) is 0 Å². The Bertz CT molecular complexity index is 423. The highest BCUT2D eigenvalue weighted by Crippen LogP contribution is 2.44. The smallest absolute Gasteiger partial charge is 0.225 e. The molecule has 0 unspecified atom stereocenters. The van der Waals surface area contributed by atoms with Crippen LogP contribution in [0.2, 0.25) is 5.28 Å². The molecule has 1 heterocycles. The van der Waals surface area contributed by atoms with Gasteiger partial charge in [0.25, 0.3) is 0 Å². The van der Waals surface area contributed by atoms with E-state index in [1.165, 1.54) is 0 Å². The maximum atomic E-state index is 9.76. The SMILES string of the molecule is O[C@@H]1CCC[C@@H]1Oc1nc(Cl)ncc1C1CC1. The molecule has 17 heavy (non-hydrogen) atoms. The van der Waals surface area contributed by atoms with Crippen LogP contribution in [0, 0.1) is 0 Å². The Hall–Kier alpha value is -0.870. The summed E-state index contributed by atoms with van der Waals surface area (Å²) in [5, 5.41) is 9.97. The van der Waals surface area contributed by atoms with E-state index in [1.807, 2.05) is 0 Å². The fourth-order valence-corrected chi connectivity index (χ4v) is 2.44. The fourth-order valence-electron chi connectivity index (χ4n) is 2.31. The number of aliphatic hydroxyl groups excluding tert-OH is 1. The van der Waals surface area contributed by atoms with E-state index in [4.69, 9.17) is 16.3 Å². The average molecular weight is 255 g/mol. The summed E-state index contributed by atoms with van der Waals surface area (Å²) in [4.78, 5) is 8.16. The van der Waals surface area contributed by atoms with Crippen molar-refractivity contribution in [2.45, 2.75) is 50.2 Å². The van der Waals surface area contributed by atoms with Gasteiger partial charge in [-0.3, -0.25) is 0 Å². The Kier molecular flexibility index (Phi) is 2.92. The summed E-state index contributed by atoms with van der Waals surface area (Å²) in [7, 11) is 0. The Morgan fingerprint density at radius 3 is 2.76 bits per heavy atom. The Labute approximate surface area is 105 Å². The first-order valence-electron chi connectivity index (χ1n) is 6.11. The van der Waals surface area contributed by atoms with Crippen molar-refractivity contribution in [1.29, 1.82) is 0 Å². The lowest BCUT2D eigenvalue weighted by atomic mass is 10.2. The number of aliphatic hydroxyl groups is 1.